The van der Waals surface area contributed by atoms with Crippen molar-refractivity contribution in [3.8, 4) is 5.75 Å². The van der Waals surface area contributed by atoms with Crippen LogP contribution in [0.25, 0.3) is 0 Å². The lowest BCUT2D eigenvalue weighted by atomic mass is 9.88. The molecule has 0 spiro atoms. The molecule has 0 bridgehead atoms. The van der Waals surface area contributed by atoms with Gasteiger partial charge < -0.3 is 14.8 Å². The maximum Gasteiger partial charge on any atom is 0.332 e. The number of rotatable bonds is 5. The summed E-state index contributed by atoms with van der Waals surface area (Å²) >= 11 is 0. The Hall–Kier alpha value is -1.71. The van der Waals surface area contributed by atoms with E-state index in [0.717, 1.165) is 30.7 Å². The van der Waals surface area contributed by atoms with E-state index in [2.05, 4.69) is 12.2 Å². The molecule has 0 aromatic heterocycles. The Labute approximate surface area is 120 Å². The summed E-state index contributed by atoms with van der Waals surface area (Å²) in [6, 6.07) is 7.67. The van der Waals surface area contributed by atoms with Crippen LogP contribution in [0.1, 0.15) is 33.1 Å². The van der Waals surface area contributed by atoms with Crippen LogP contribution < -0.4 is 10.1 Å². The van der Waals surface area contributed by atoms with Crippen molar-refractivity contribution in [2.45, 2.75) is 38.6 Å². The standard InChI is InChI=1S/C16H23NO3/c1-4-20-15(18)16(10-6-7-12(16)2)17-13-8-5-9-14(11-13)19-3/h5,8-9,11-12,17H,4,6-7,10H2,1-3H3. The fraction of sp³-hybridized carbons (Fsp3) is 0.562. The fourth-order valence-corrected chi connectivity index (χ4v) is 2.94. The van der Waals surface area contributed by atoms with Crippen molar-refractivity contribution >= 4 is 11.7 Å². The van der Waals surface area contributed by atoms with Crippen LogP contribution in [0, 0.1) is 5.92 Å². The van der Waals surface area contributed by atoms with Gasteiger partial charge in [0.15, 0.2) is 0 Å². The van der Waals surface area contributed by atoms with Gasteiger partial charge in [0.25, 0.3) is 0 Å². The van der Waals surface area contributed by atoms with E-state index in [1.165, 1.54) is 0 Å². The largest absolute Gasteiger partial charge is 0.497 e. The van der Waals surface area contributed by atoms with E-state index in [1.807, 2.05) is 31.2 Å². The van der Waals surface area contributed by atoms with Crippen molar-refractivity contribution < 1.29 is 14.3 Å². The predicted molar refractivity (Wildman–Crippen MR) is 79.0 cm³/mol. The number of carbonyl (C=O) groups excluding carboxylic acids is 1. The Balaban J connectivity index is 2.26. The van der Waals surface area contributed by atoms with Crippen LogP contribution in [0.4, 0.5) is 5.69 Å². The number of hydrogen-bond acceptors (Lipinski definition) is 4. The van der Waals surface area contributed by atoms with Crippen LogP contribution in [0.5, 0.6) is 5.75 Å². The number of anilines is 1. The first kappa shape index (κ1) is 14.7. The second-order valence-electron chi connectivity index (χ2n) is 5.34. The van der Waals surface area contributed by atoms with Gasteiger partial charge in [-0.05, 0) is 37.8 Å². The molecule has 0 amide bonds. The molecule has 1 N–H and O–H groups in total. The smallest absolute Gasteiger partial charge is 0.332 e. The van der Waals surface area contributed by atoms with E-state index in [9.17, 15) is 4.79 Å². The van der Waals surface area contributed by atoms with Gasteiger partial charge in [0.2, 0.25) is 0 Å². The van der Waals surface area contributed by atoms with E-state index in [-0.39, 0.29) is 11.9 Å². The number of ether oxygens (including phenoxy) is 2. The second kappa shape index (κ2) is 6.16. The van der Waals surface area contributed by atoms with E-state index >= 15 is 0 Å². The Morgan fingerprint density at radius 1 is 1.50 bits per heavy atom. The van der Waals surface area contributed by atoms with Crippen molar-refractivity contribution in [1.82, 2.24) is 0 Å². The lowest BCUT2D eigenvalue weighted by molar-refractivity contribution is -0.149. The van der Waals surface area contributed by atoms with E-state index in [0.29, 0.717) is 6.61 Å². The fourth-order valence-electron chi connectivity index (χ4n) is 2.94. The van der Waals surface area contributed by atoms with Gasteiger partial charge in [-0.1, -0.05) is 19.4 Å². The Bertz CT molecular complexity index is 475. The predicted octanol–water partition coefficient (Wildman–Crippen LogP) is 3.23. The molecule has 1 aliphatic rings. The van der Waals surface area contributed by atoms with Crippen LogP contribution in [-0.2, 0) is 9.53 Å². The summed E-state index contributed by atoms with van der Waals surface area (Å²) in [6.45, 7) is 4.36. The third-order valence-corrected chi connectivity index (χ3v) is 4.13. The third kappa shape index (κ3) is 2.74. The van der Waals surface area contributed by atoms with Gasteiger partial charge in [-0.3, -0.25) is 0 Å². The number of benzene rings is 1. The normalized spacial score (nSPS) is 25.2. The number of esters is 1. The van der Waals surface area contributed by atoms with Crippen LogP contribution >= 0.6 is 0 Å². The summed E-state index contributed by atoms with van der Waals surface area (Å²) in [5.74, 6) is 0.889. The zero-order chi connectivity index (χ0) is 14.6. The first-order valence-electron chi connectivity index (χ1n) is 7.22. The van der Waals surface area contributed by atoms with Gasteiger partial charge in [-0.15, -0.1) is 0 Å². The molecule has 1 aromatic carbocycles. The maximum absolute atomic E-state index is 12.4. The minimum Gasteiger partial charge on any atom is -0.497 e. The van der Waals surface area contributed by atoms with Crippen molar-refractivity contribution in [3.05, 3.63) is 24.3 Å². The number of carbonyl (C=O) groups is 1. The van der Waals surface area contributed by atoms with E-state index in [4.69, 9.17) is 9.47 Å². The molecule has 1 fully saturated rings. The molecular weight excluding hydrogens is 254 g/mol. The Morgan fingerprint density at radius 2 is 2.30 bits per heavy atom. The van der Waals surface area contributed by atoms with Crippen LogP contribution in [-0.4, -0.2) is 25.2 Å². The van der Waals surface area contributed by atoms with Gasteiger partial charge in [-0.25, -0.2) is 4.79 Å². The topological polar surface area (TPSA) is 47.6 Å². The first-order chi connectivity index (χ1) is 9.62. The molecule has 0 aliphatic heterocycles. The van der Waals surface area contributed by atoms with Crippen molar-refractivity contribution in [2.75, 3.05) is 19.0 Å². The summed E-state index contributed by atoms with van der Waals surface area (Å²) < 4.78 is 10.5. The van der Waals surface area contributed by atoms with Crippen molar-refractivity contribution in [3.63, 3.8) is 0 Å². The molecule has 2 unspecified atom stereocenters. The molecule has 0 heterocycles. The highest BCUT2D eigenvalue weighted by Crippen LogP contribution is 2.39. The highest BCUT2D eigenvalue weighted by atomic mass is 16.5. The molecule has 2 rings (SSSR count). The third-order valence-electron chi connectivity index (χ3n) is 4.13. The zero-order valence-electron chi connectivity index (χ0n) is 12.4. The summed E-state index contributed by atoms with van der Waals surface area (Å²) in [4.78, 5) is 12.4. The van der Waals surface area contributed by atoms with Crippen LogP contribution in [0.2, 0.25) is 0 Å². The number of nitrogens with one attached hydrogen (secondary N) is 1. The monoisotopic (exact) mass is 277 g/mol. The highest BCUT2D eigenvalue weighted by Gasteiger charge is 2.48. The molecule has 1 aromatic rings. The second-order valence-corrected chi connectivity index (χ2v) is 5.34. The van der Waals surface area contributed by atoms with Gasteiger partial charge in [0.05, 0.1) is 13.7 Å². The number of hydrogen-bond donors (Lipinski definition) is 1. The van der Waals surface area contributed by atoms with Gasteiger partial charge >= 0.3 is 5.97 Å². The lowest BCUT2D eigenvalue weighted by Gasteiger charge is -2.33. The molecule has 0 saturated heterocycles. The highest BCUT2D eigenvalue weighted by molar-refractivity contribution is 5.85. The van der Waals surface area contributed by atoms with Gasteiger partial charge in [0, 0.05) is 11.8 Å². The molecule has 110 valence electrons. The average Bonchev–Trinajstić information content (AvgIpc) is 2.81. The zero-order valence-corrected chi connectivity index (χ0v) is 12.4. The minimum absolute atomic E-state index is 0.146. The minimum atomic E-state index is -0.609. The molecule has 2 atom stereocenters. The Morgan fingerprint density at radius 3 is 2.90 bits per heavy atom. The molecule has 4 nitrogen and oxygen atoms in total. The van der Waals surface area contributed by atoms with Crippen molar-refractivity contribution in [2.24, 2.45) is 5.92 Å². The summed E-state index contributed by atoms with van der Waals surface area (Å²) in [5, 5.41) is 3.41. The van der Waals surface area contributed by atoms with Gasteiger partial charge in [0.1, 0.15) is 11.3 Å². The quantitative estimate of drug-likeness (QED) is 0.839. The number of methoxy groups -OCH3 is 1. The SMILES string of the molecule is CCOC(=O)C1(Nc2cccc(OC)c2)CCCC1C. The molecule has 0 radical (unpaired) electrons. The Kier molecular flexibility index (Phi) is 4.53. The average molecular weight is 277 g/mol. The maximum atomic E-state index is 12.4. The summed E-state index contributed by atoms with van der Waals surface area (Å²) in [5.41, 5.74) is 0.286. The van der Waals surface area contributed by atoms with E-state index in [1.54, 1.807) is 7.11 Å². The van der Waals surface area contributed by atoms with Crippen LogP contribution in [0.15, 0.2) is 24.3 Å². The van der Waals surface area contributed by atoms with Crippen molar-refractivity contribution in [1.29, 1.82) is 0 Å². The molecule has 4 heteroatoms. The summed E-state index contributed by atoms with van der Waals surface area (Å²) in [7, 11) is 1.64. The molecule has 1 aliphatic carbocycles. The summed E-state index contributed by atoms with van der Waals surface area (Å²) in [6.07, 6.45) is 2.89. The molecular formula is C16H23NO3. The molecule has 1 saturated carbocycles. The van der Waals surface area contributed by atoms with Gasteiger partial charge in [-0.2, -0.15) is 0 Å². The molecule has 20 heavy (non-hydrogen) atoms. The lowest BCUT2D eigenvalue weighted by Crippen LogP contribution is -2.49. The van der Waals surface area contributed by atoms with Crippen LogP contribution in [0.3, 0.4) is 0 Å². The first-order valence-corrected chi connectivity index (χ1v) is 7.22. The van der Waals surface area contributed by atoms with E-state index < -0.39 is 5.54 Å².